The van der Waals surface area contributed by atoms with Crippen LogP contribution in [0.4, 0.5) is 4.39 Å². The normalized spacial score (nSPS) is 11.3. The maximum Gasteiger partial charge on any atom is 0.261 e. The SMILES string of the molecule is O=S(=O)(Cl)c1cccc(OCCF)c1. The zero-order valence-corrected chi connectivity index (χ0v) is 8.68. The standard InChI is InChI=1S/C8H8ClFO3S/c9-14(11,12)8-3-1-2-7(6-8)13-5-4-10/h1-3,6H,4-5H2. The monoisotopic (exact) mass is 238 g/mol. The average Bonchev–Trinajstić information content (AvgIpc) is 2.14. The number of benzene rings is 1. The molecule has 0 radical (unpaired) electrons. The third kappa shape index (κ3) is 3.16. The molecule has 1 aromatic rings. The molecule has 0 aliphatic rings. The van der Waals surface area contributed by atoms with Crippen molar-refractivity contribution in [3.8, 4) is 5.75 Å². The highest BCUT2D eigenvalue weighted by Crippen LogP contribution is 2.20. The molecule has 6 heteroatoms. The largest absolute Gasteiger partial charge is 0.491 e. The van der Waals surface area contributed by atoms with E-state index in [1.807, 2.05) is 0 Å². The van der Waals surface area contributed by atoms with Gasteiger partial charge in [0.2, 0.25) is 0 Å². The van der Waals surface area contributed by atoms with Crippen LogP contribution in [0.2, 0.25) is 0 Å². The molecular formula is C8H8ClFO3S. The second-order valence-corrected chi connectivity index (χ2v) is 5.02. The maximum atomic E-state index is 11.7. The average molecular weight is 239 g/mol. The minimum atomic E-state index is -3.75. The van der Waals surface area contributed by atoms with Gasteiger partial charge in [-0.3, -0.25) is 0 Å². The van der Waals surface area contributed by atoms with Gasteiger partial charge in [0, 0.05) is 16.7 Å². The molecule has 78 valence electrons. The van der Waals surface area contributed by atoms with E-state index in [0.717, 1.165) is 0 Å². The fourth-order valence-corrected chi connectivity index (χ4v) is 1.66. The Balaban J connectivity index is 2.90. The first-order chi connectivity index (χ1) is 6.54. The molecule has 0 aliphatic carbocycles. The minimum absolute atomic E-state index is 0.0597. The van der Waals surface area contributed by atoms with Crippen LogP contribution in [-0.2, 0) is 9.05 Å². The van der Waals surface area contributed by atoms with Crippen LogP contribution in [0.5, 0.6) is 5.75 Å². The zero-order valence-electron chi connectivity index (χ0n) is 7.11. The summed E-state index contributed by atoms with van der Waals surface area (Å²) < 4.78 is 38.4. The molecule has 0 spiro atoms. The Labute approximate surface area is 85.9 Å². The van der Waals surface area contributed by atoms with Crippen LogP contribution in [0, 0.1) is 0 Å². The van der Waals surface area contributed by atoms with E-state index in [1.54, 1.807) is 0 Å². The van der Waals surface area contributed by atoms with Gasteiger partial charge in [0.15, 0.2) is 0 Å². The number of alkyl halides is 1. The summed E-state index contributed by atoms with van der Waals surface area (Å²) in [6, 6.07) is 5.59. The third-order valence-corrected chi connectivity index (χ3v) is 2.78. The minimum Gasteiger partial charge on any atom is -0.491 e. The molecule has 0 amide bonds. The van der Waals surface area contributed by atoms with Gasteiger partial charge in [0.1, 0.15) is 19.0 Å². The van der Waals surface area contributed by atoms with Crippen LogP contribution < -0.4 is 4.74 Å². The first-order valence-corrected chi connectivity index (χ1v) is 6.08. The highest BCUT2D eigenvalue weighted by molar-refractivity contribution is 8.13. The van der Waals surface area contributed by atoms with Crippen LogP contribution in [0.3, 0.4) is 0 Å². The Kier molecular flexibility index (Phi) is 3.71. The summed E-state index contributed by atoms with van der Waals surface area (Å²) in [7, 11) is 1.36. The van der Waals surface area contributed by atoms with Crippen molar-refractivity contribution in [3.05, 3.63) is 24.3 Å². The number of hydrogen-bond acceptors (Lipinski definition) is 3. The molecule has 0 N–H and O–H groups in total. The van der Waals surface area contributed by atoms with Gasteiger partial charge in [0.05, 0.1) is 4.90 Å². The molecule has 0 atom stereocenters. The predicted octanol–water partition coefficient (Wildman–Crippen LogP) is 1.96. The third-order valence-electron chi connectivity index (χ3n) is 1.43. The van der Waals surface area contributed by atoms with Gasteiger partial charge in [-0.1, -0.05) is 6.07 Å². The van der Waals surface area contributed by atoms with Gasteiger partial charge in [-0.05, 0) is 12.1 Å². The summed E-state index contributed by atoms with van der Waals surface area (Å²) in [5, 5.41) is 0. The molecule has 14 heavy (non-hydrogen) atoms. The molecule has 0 heterocycles. The number of rotatable bonds is 4. The van der Waals surface area contributed by atoms with Gasteiger partial charge in [-0.2, -0.15) is 0 Å². The lowest BCUT2D eigenvalue weighted by atomic mass is 10.3. The maximum absolute atomic E-state index is 11.7. The molecule has 0 bridgehead atoms. The van der Waals surface area contributed by atoms with Crippen molar-refractivity contribution in [2.75, 3.05) is 13.3 Å². The Bertz CT molecular complexity index is 405. The number of hydrogen-bond donors (Lipinski definition) is 0. The molecule has 0 fully saturated rings. The van der Waals surface area contributed by atoms with Crippen molar-refractivity contribution in [3.63, 3.8) is 0 Å². The van der Waals surface area contributed by atoms with E-state index in [2.05, 4.69) is 0 Å². The van der Waals surface area contributed by atoms with Gasteiger partial charge in [-0.25, -0.2) is 12.8 Å². The summed E-state index contributed by atoms with van der Waals surface area (Å²) in [4.78, 5) is -0.0597. The predicted molar refractivity (Wildman–Crippen MR) is 51.0 cm³/mol. The fraction of sp³-hybridized carbons (Fsp3) is 0.250. The van der Waals surface area contributed by atoms with Crippen LogP contribution in [0.15, 0.2) is 29.2 Å². The lowest BCUT2D eigenvalue weighted by Gasteiger charge is -2.03. The number of ether oxygens (including phenoxy) is 1. The van der Waals surface area contributed by atoms with Crippen molar-refractivity contribution in [2.45, 2.75) is 4.90 Å². The highest BCUT2D eigenvalue weighted by Gasteiger charge is 2.10. The number of halogens is 2. The Morgan fingerprint density at radius 3 is 2.71 bits per heavy atom. The summed E-state index contributed by atoms with van der Waals surface area (Å²) in [5.41, 5.74) is 0. The Morgan fingerprint density at radius 1 is 1.43 bits per heavy atom. The van der Waals surface area contributed by atoms with E-state index >= 15 is 0 Å². The van der Waals surface area contributed by atoms with E-state index < -0.39 is 15.7 Å². The van der Waals surface area contributed by atoms with E-state index in [4.69, 9.17) is 15.4 Å². The van der Waals surface area contributed by atoms with Crippen molar-refractivity contribution >= 4 is 19.7 Å². The van der Waals surface area contributed by atoms with E-state index in [9.17, 15) is 12.8 Å². The molecule has 0 aliphatic heterocycles. The molecule has 1 rings (SSSR count). The van der Waals surface area contributed by atoms with Gasteiger partial charge in [0.25, 0.3) is 9.05 Å². The molecule has 0 aromatic heterocycles. The van der Waals surface area contributed by atoms with Crippen LogP contribution in [0.1, 0.15) is 0 Å². The molecular weight excluding hydrogens is 231 g/mol. The van der Waals surface area contributed by atoms with E-state index in [0.29, 0.717) is 0 Å². The Hall–Kier alpha value is -0.810. The van der Waals surface area contributed by atoms with Gasteiger partial charge >= 0.3 is 0 Å². The second kappa shape index (κ2) is 4.61. The molecule has 0 saturated heterocycles. The summed E-state index contributed by atoms with van der Waals surface area (Å²) in [5.74, 6) is 0.282. The van der Waals surface area contributed by atoms with E-state index in [-0.39, 0.29) is 17.3 Å². The van der Waals surface area contributed by atoms with Crippen LogP contribution >= 0.6 is 10.7 Å². The van der Waals surface area contributed by atoms with Crippen molar-refractivity contribution in [1.29, 1.82) is 0 Å². The van der Waals surface area contributed by atoms with Crippen molar-refractivity contribution in [2.24, 2.45) is 0 Å². The van der Waals surface area contributed by atoms with Crippen LogP contribution in [-0.4, -0.2) is 21.7 Å². The quantitative estimate of drug-likeness (QED) is 0.754. The summed E-state index contributed by atoms with van der Waals surface area (Å²) in [6.45, 7) is -0.733. The molecule has 0 unspecified atom stereocenters. The second-order valence-electron chi connectivity index (χ2n) is 2.45. The lowest BCUT2D eigenvalue weighted by molar-refractivity contribution is 0.273. The zero-order chi connectivity index (χ0) is 10.6. The van der Waals surface area contributed by atoms with E-state index in [1.165, 1.54) is 24.3 Å². The molecule has 3 nitrogen and oxygen atoms in total. The summed E-state index contributed by atoms with van der Waals surface area (Å²) in [6.07, 6.45) is 0. The molecule has 1 aromatic carbocycles. The van der Waals surface area contributed by atoms with Gasteiger partial charge < -0.3 is 4.74 Å². The van der Waals surface area contributed by atoms with Crippen molar-refractivity contribution in [1.82, 2.24) is 0 Å². The Morgan fingerprint density at radius 2 is 2.14 bits per heavy atom. The smallest absolute Gasteiger partial charge is 0.261 e. The fourth-order valence-electron chi connectivity index (χ4n) is 0.872. The van der Waals surface area contributed by atoms with Crippen LogP contribution in [0.25, 0.3) is 0 Å². The first-order valence-electron chi connectivity index (χ1n) is 3.77. The molecule has 0 saturated carbocycles. The van der Waals surface area contributed by atoms with Crippen molar-refractivity contribution < 1.29 is 17.5 Å². The highest BCUT2D eigenvalue weighted by atomic mass is 35.7. The first kappa shape index (κ1) is 11.3. The van der Waals surface area contributed by atoms with Gasteiger partial charge in [-0.15, -0.1) is 0 Å². The lowest BCUT2D eigenvalue weighted by Crippen LogP contribution is -1.99. The topological polar surface area (TPSA) is 43.4 Å². The summed E-state index contributed by atoms with van der Waals surface area (Å²) >= 11 is 0.